The molecule has 1 aromatic heterocycles. The molecule has 18 heavy (non-hydrogen) atoms. The number of nitrogens with one attached hydrogen (secondary N) is 1. The van der Waals surface area contributed by atoms with Crippen LogP contribution >= 0.6 is 0 Å². The number of hydrogen-bond acceptors (Lipinski definition) is 3. The molecule has 0 atom stereocenters. The lowest BCUT2D eigenvalue weighted by atomic mass is 9.95. The largest absolute Gasteiger partial charge is 0.306 e. The number of para-hydroxylation sites is 1. The van der Waals surface area contributed by atoms with Crippen LogP contribution in [0.25, 0.3) is 11.0 Å². The quantitative estimate of drug-likeness (QED) is 0.634. The van der Waals surface area contributed by atoms with Gasteiger partial charge >= 0.3 is 0 Å². The van der Waals surface area contributed by atoms with Gasteiger partial charge in [-0.2, -0.15) is 0 Å². The third-order valence-corrected chi connectivity index (χ3v) is 3.74. The van der Waals surface area contributed by atoms with Crippen molar-refractivity contribution >= 4 is 17.0 Å². The number of hydrazine groups is 1. The number of halogens is 1. The first kappa shape index (κ1) is 11.5. The number of nitrogens with two attached hydrogens (primary N) is 1. The number of anilines is 1. The molecule has 0 saturated heterocycles. The van der Waals surface area contributed by atoms with Crippen molar-refractivity contribution in [2.45, 2.75) is 38.1 Å². The van der Waals surface area contributed by atoms with Crippen molar-refractivity contribution < 1.29 is 4.39 Å². The maximum absolute atomic E-state index is 13.7. The minimum absolute atomic E-state index is 0.293. The first-order chi connectivity index (χ1) is 8.81. The van der Waals surface area contributed by atoms with E-state index in [2.05, 4.69) is 15.0 Å². The van der Waals surface area contributed by atoms with Gasteiger partial charge in [-0.25, -0.2) is 15.2 Å². The molecule has 3 N–H and O–H groups in total. The minimum atomic E-state index is -0.293. The van der Waals surface area contributed by atoms with Gasteiger partial charge in [0, 0.05) is 6.04 Å². The Morgan fingerprint density at radius 2 is 2.06 bits per heavy atom. The Bertz CT molecular complexity index is 557. The lowest BCUT2D eigenvalue weighted by Gasteiger charge is -2.25. The van der Waals surface area contributed by atoms with Gasteiger partial charge in [-0.05, 0) is 25.0 Å². The second-order valence-corrected chi connectivity index (χ2v) is 4.85. The third kappa shape index (κ3) is 1.75. The molecule has 0 unspecified atom stereocenters. The van der Waals surface area contributed by atoms with Gasteiger partial charge in [-0.3, -0.25) is 5.43 Å². The minimum Gasteiger partial charge on any atom is -0.306 e. The van der Waals surface area contributed by atoms with E-state index in [4.69, 9.17) is 5.84 Å². The molecule has 1 heterocycles. The summed E-state index contributed by atoms with van der Waals surface area (Å²) in [4.78, 5) is 4.26. The highest BCUT2D eigenvalue weighted by Gasteiger charge is 2.22. The summed E-state index contributed by atoms with van der Waals surface area (Å²) in [6, 6.07) is 5.43. The van der Waals surface area contributed by atoms with Crippen LogP contribution in [0.4, 0.5) is 10.3 Å². The van der Waals surface area contributed by atoms with Crippen molar-refractivity contribution in [1.82, 2.24) is 9.55 Å². The zero-order valence-corrected chi connectivity index (χ0v) is 10.2. The summed E-state index contributed by atoms with van der Waals surface area (Å²) in [5.41, 5.74) is 3.82. The van der Waals surface area contributed by atoms with E-state index in [1.54, 1.807) is 6.07 Å². The second kappa shape index (κ2) is 4.57. The van der Waals surface area contributed by atoms with Crippen LogP contribution in [-0.4, -0.2) is 9.55 Å². The molecule has 1 fully saturated rings. The SMILES string of the molecule is NNc1nc2c(F)cccc2n1C1CCCCC1. The number of aromatic nitrogens is 2. The Balaban J connectivity index is 2.16. The molecule has 0 spiro atoms. The van der Waals surface area contributed by atoms with Crippen LogP contribution in [0.3, 0.4) is 0 Å². The van der Waals surface area contributed by atoms with Crippen LogP contribution in [0.2, 0.25) is 0 Å². The third-order valence-electron chi connectivity index (χ3n) is 3.74. The molecule has 0 amide bonds. The maximum Gasteiger partial charge on any atom is 0.218 e. The van der Waals surface area contributed by atoms with E-state index in [1.165, 1.54) is 25.3 Å². The van der Waals surface area contributed by atoms with Crippen LogP contribution in [0.5, 0.6) is 0 Å². The number of imidazole rings is 1. The van der Waals surface area contributed by atoms with Crippen LogP contribution in [-0.2, 0) is 0 Å². The molecule has 0 aliphatic heterocycles. The highest BCUT2D eigenvalue weighted by atomic mass is 19.1. The molecule has 1 aliphatic rings. The van der Waals surface area contributed by atoms with E-state index in [9.17, 15) is 4.39 Å². The van der Waals surface area contributed by atoms with E-state index in [0.717, 1.165) is 18.4 Å². The summed E-state index contributed by atoms with van der Waals surface area (Å²) in [5.74, 6) is 5.78. The average Bonchev–Trinajstić information content (AvgIpc) is 2.80. The van der Waals surface area contributed by atoms with Crippen molar-refractivity contribution in [2.75, 3.05) is 5.43 Å². The molecule has 2 aromatic rings. The predicted octanol–water partition coefficient (Wildman–Crippen LogP) is 2.97. The van der Waals surface area contributed by atoms with Crippen molar-refractivity contribution in [3.63, 3.8) is 0 Å². The number of fused-ring (bicyclic) bond motifs is 1. The monoisotopic (exact) mass is 248 g/mol. The van der Waals surface area contributed by atoms with Gasteiger partial charge in [0.1, 0.15) is 5.52 Å². The zero-order valence-electron chi connectivity index (χ0n) is 10.2. The molecular weight excluding hydrogens is 231 g/mol. The number of benzene rings is 1. The summed E-state index contributed by atoms with van der Waals surface area (Å²) in [7, 11) is 0. The van der Waals surface area contributed by atoms with Crippen molar-refractivity contribution in [3.05, 3.63) is 24.0 Å². The van der Waals surface area contributed by atoms with Gasteiger partial charge in [0.2, 0.25) is 5.95 Å². The standard InChI is InChI=1S/C13H17FN4/c14-10-7-4-8-11-12(10)16-13(17-15)18(11)9-5-2-1-3-6-9/h4,7-9H,1-3,5-6,15H2,(H,16,17). The van der Waals surface area contributed by atoms with Gasteiger partial charge in [0.25, 0.3) is 0 Å². The maximum atomic E-state index is 13.7. The Morgan fingerprint density at radius 1 is 1.28 bits per heavy atom. The molecule has 0 radical (unpaired) electrons. The fraction of sp³-hybridized carbons (Fsp3) is 0.462. The van der Waals surface area contributed by atoms with E-state index in [0.29, 0.717) is 17.5 Å². The fourth-order valence-corrected chi connectivity index (χ4v) is 2.89. The highest BCUT2D eigenvalue weighted by Crippen LogP contribution is 2.34. The lowest BCUT2D eigenvalue weighted by molar-refractivity contribution is 0.362. The fourth-order valence-electron chi connectivity index (χ4n) is 2.89. The van der Waals surface area contributed by atoms with Gasteiger partial charge in [-0.15, -0.1) is 0 Å². The smallest absolute Gasteiger partial charge is 0.218 e. The van der Waals surface area contributed by atoms with Crippen LogP contribution in [0, 0.1) is 5.82 Å². The van der Waals surface area contributed by atoms with Crippen molar-refractivity contribution in [1.29, 1.82) is 0 Å². The molecule has 96 valence electrons. The molecule has 1 aromatic carbocycles. The summed E-state index contributed by atoms with van der Waals surface area (Å²) < 4.78 is 15.8. The summed E-state index contributed by atoms with van der Waals surface area (Å²) in [6.07, 6.45) is 5.92. The molecule has 0 bridgehead atoms. The second-order valence-electron chi connectivity index (χ2n) is 4.85. The summed E-state index contributed by atoms with van der Waals surface area (Å²) >= 11 is 0. The van der Waals surface area contributed by atoms with E-state index in [1.807, 2.05) is 6.07 Å². The summed E-state index contributed by atoms with van der Waals surface area (Å²) in [6.45, 7) is 0. The lowest BCUT2D eigenvalue weighted by Crippen LogP contribution is -2.18. The van der Waals surface area contributed by atoms with E-state index >= 15 is 0 Å². The predicted molar refractivity (Wildman–Crippen MR) is 69.6 cm³/mol. The van der Waals surface area contributed by atoms with Gasteiger partial charge in [-0.1, -0.05) is 25.3 Å². The topological polar surface area (TPSA) is 55.9 Å². The number of nitrogen functional groups attached to an aromatic ring is 1. The Morgan fingerprint density at radius 3 is 2.78 bits per heavy atom. The Hall–Kier alpha value is -1.62. The van der Waals surface area contributed by atoms with Crippen molar-refractivity contribution in [3.8, 4) is 0 Å². The Kier molecular flexibility index (Phi) is 2.91. The van der Waals surface area contributed by atoms with Crippen molar-refractivity contribution in [2.24, 2.45) is 5.84 Å². The van der Waals surface area contributed by atoms with Gasteiger partial charge < -0.3 is 4.57 Å². The normalized spacial score (nSPS) is 17.2. The average molecular weight is 248 g/mol. The highest BCUT2D eigenvalue weighted by molar-refractivity contribution is 5.79. The van der Waals surface area contributed by atoms with Gasteiger partial charge in [0.05, 0.1) is 5.52 Å². The molecular formula is C13H17FN4. The number of nitrogens with zero attached hydrogens (tertiary/aromatic N) is 2. The zero-order chi connectivity index (χ0) is 12.5. The van der Waals surface area contributed by atoms with E-state index in [-0.39, 0.29) is 5.82 Å². The molecule has 1 saturated carbocycles. The first-order valence-corrected chi connectivity index (χ1v) is 6.44. The first-order valence-electron chi connectivity index (χ1n) is 6.44. The summed E-state index contributed by atoms with van der Waals surface area (Å²) in [5, 5.41) is 0. The van der Waals surface area contributed by atoms with Gasteiger partial charge in [0.15, 0.2) is 5.82 Å². The van der Waals surface area contributed by atoms with Crippen LogP contribution in [0.1, 0.15) is 38.1 Å². The number of hydrogen-bond donors (Lipinski definition) is 2. The molecule has 5 heteroatoms. The number of rotatable bonds is 2. The van der Waals surface area contributed by atoms with Crippen LogP contribution in [0.15, 0.2) is 18.2 Å². The molecule has 1 aliphatic carbocycles. The van der Waals surface area contributed by atoms with Crippen LogP contribution < -0.4 is 11.3 Å². The molecule has 3 rings (SSSR count). The Labute approximate surface area is 105 Å². The van der Waals surface area contributed by atoms with E-state index < -0.39 is 0 Å². The molecule has 4 nitrogen and oxygen atoms in total.